The Bertz CT molecular complexity index is 919. The Morgan fingerprint density at radius 3 is 2.22 bits per heavy atom. The number of benzene rings is 2. The molecule has 2 aromatic carbocycles. The van der Waals surface area contributed by atoms with Crippen LogP contribution in [0.25, 0.3) is 0 Å². The highest BCUT2D eigenvalue weighted by Crippen LogP contribution is 2.39. The maximum Gasteiger partial charge on any atom is 0.407 e. The number of β-lactam (4-membered cyclic amide) rings is 1. The molecule has 1 aliphatic rings. The standard InChI is InChI=1S/C27H34N2O3/c1-5-6-17-22-23(25(30)29(22)18-20-13-9-7-10-14-20)24(27(2,3)4)28-26(31)32-19-21-15-11-8-12-16-21/h5-16,22-24H,17-19H2,1-4H3,(H,28,31)/b6-5+/t22-,23+,24-/m1/s1. The predicted molar refractivity (Wildman–Crippen MR) is 127 cm³/mol. The van der Waals surface area contributed by atoms with Crippen molar-refractivity contribution in [3.05, 3.63) is 83.9 Å². The second-order valence-electron chi connectivity index (χ2n) is 9.40. The SMILES string of the molecule is C/C=C/C[C@@H]1[C@@H]([C@@H](NC(=O)OCc2ccccc2)C(C)(C)C)C(=O)N1Cc1ccccc1. The summed E-state index contributed by atoms with van der Waals surface area (Å²) < 4.78 is 5.46. The van der Waals surface area contributed by atoms with Crippen molar-refractivity contribution in [1.82, 2.24) is 10.2 Å². The molecule has 0 unspecified atom stereocenters. The number of carbonyl (C=O) groups excluding carboxylic acids is 2. The molecule has 0 aliphatic carbocycles. The molecular formula is C27H34N2O3. The zero-order chi connectivity index (χ0) is 23.1. The topological polar surface area (TPSA) is 58.6 Å². The number of nitrogens with one attached hydrogen (secondary N) is 1. The molecule has 1 N–H and O–H groups in total. The first-order valence-electron chi connectivity index (χ1n) is 11.2. The Morgan fingerprint density at radius 1 is 1.06 bits per heavy atom. The fraction of sp³-hybridized carbons (Fsp3) is 0.407. The maximum atomic E-state index is 13.3. The molecule has 5 heteroatoms. The molecule has 0 bridgehead atoms. The Hall–Kier alpha value is -3.08. The van der Waals surface area contributed by atoms with Gasteiger partial charge in [0.15, 0.2) is 0 Å². The van der Waals surface area contributed by atoms with E-state index in [1.165, 1.54) is 0 Å². The second-order valence-corrected chi connectivity index (χ2v) is 9.40. The number of carbonyl (C=O) groups is 2. The van der Waals surface area contributed by atoms with Crippen molar-refractivity contribution < 1.29 is 14.3 Å². The summed E-state index contributed by atoms with van der Waals surface area (Å²) >= 11 is 0. The van der Waals surface area contributed by atoms with Gasteiger partial charge in [-0.2, -0.15) is 0 Å². The Labute approximate surface area is 191 Å². The van der Waals surface area contributed by atoms with E-state index in [1.54, 1.807) is 0 Å². The number of amides is 2. The van der Waals surface area contributed by atoms with Crippen LogP contribution in [0.2, 0.25) is 0 Å². The molecule has 2 amide bonds. The van der Waals surface area contributed by atoms with E-state index in [0.29, 0.717) is 6.54 Å². The predicted octanol–water partition coefficient (Wildman–Crippen LogP) is 5.32. The number of allylic oxidation sites excluding steroid dienone is 1. The molecule has 0 saturated carbocycles. The molecule has 5 nitrogen and oxygen atoms in total. The van der Waals surface area contributed by atoms with Crippen molar-refractivity contribution in [1.29, 1.82) is 0 Å². The van der Waals surface area contributed by atoms with Crippen LogP contribution >= 0.6 is 0 Å². The summed E-state index contributed by atoms with van der Waals surface area (Å²) in [6.45, 7) is 8.91. The molecule has 1 heterocycles. The highest BCUT2D eigenvalue weighted by Gasteiger charge is 2.53. The van der Waals surface area contributed by atoms with Gasteiger partial charge in [0, 0.05) is 12.6 Å². The summed E-state index contributed by atoms with van der Waals surface area (Å²) in [6, 6.07) is 19.3. The van der Waals surface area contributed by atoms with Crippen LogP contribution in [0.3, 0.4) is 0 Å². The largest absolute Gasteiger partial charge is 0.445 e. The van der Waals surface area contributed by atoms with Crippen molar-refractivity contribution >= 4 is 12.0 Å². The molecule has 2 aromatic rings. The van der Waals surface area contributed by atoms with Gasteiger partial charge in [0.25, 0.3) is 0 Å². The van der Waals surface area contributed by atoms with Gasteiger partial charge in [-0.25, -0.2) is 4.79 Å². The molecular weight excluding hydrogens is 400 g/mol. The normalized spacial score (nSPS) is 19.5. The van der Waals surface area contributed by atoms with Crippen LogP contribution in [0.1, 0.15) is 45.2 Å². The molecule has 0 radical (unpaired) electrons. The van der Waals surface area contributed by atoms with Crippen molar-refractivity contribution in [3.8, 4) is 0 Å². The van der Waals surface area contributed by atoms with Crippen LogP contribution < -0.4 is 5.32 Å². The average molecular weight is 435 g/mol. The van der Waals surface area contributed by atoms with E-state index in [1.807, 2.05) is 78.6 Å². The fourth-order valence-electron chi connectivity index (χ4n) is 4.26. The number of hydrogen-bond donors (Lipinski definition) is 1. The number of likely N-dealkylation sites (tertiary alicyclic amines) is 1. The lowest BCUT2D eigenvalue weighted by molar-refractivity contribution is -0.162. The van der Waals surface area contributed by atoms with Gasteiger partial charge < -0.3 is 15.0 Å². The number of ether oxygens (including phenoxy) is 1. The summed E-state index contributed by atoms with van der Waals surface area (Å²) in [6.07, 6.45) is 4.37. The third kappa shape index (κ3) is 5.78. The van der Waals surface area contributed by atoms with Crippen molar-refractivity contribution in [2.75, 3.05) is 0 Å². The third-order valence-electron chi connectivity index (χ3n) is 5.97. The van der Waals surface area contributed by atoms with E-state index >= 15 is 0 Å². The van der Waals surface area contributed by atoms with E-state index in [4.69, 9.17) is 4.74 Å². The number of alkyl carbamates (subject to hydrolysis) is 1. The lowest BCUT2D eigenvalue weighted by Crippen LogP contribution is -2.69. The molecule has 170 valence electrons. The first kappa shape index (κ1) is 23.6. The molecule has 0 aromatic heterocycles. The van der Waals surface area contributed by atoms with Crippen LogP contribution in [-0.4, -0.2) is 29.0 Å². The van der Waals surface area contributed by atoms with Gasteiger partial charge in [0.2, 0.25) is 5.91 Å². The number of hydrogen-bond acceptors (Lipinski definition) is 3. The lowest BCUT2D eigenvalue weighted by atomic mass is 9.70. The Kier molecular flexibility index (Phi) is 7.73. The van der Waals surface area contributed by atoms with Crippen LogP contribution in [0.15, 0.2) is 72.8 Å². The lowest BCUT2D eigenvalue weighted by Gasteiger charge is -2.53. The van der Waals surface area contributed by atoms with Crippen molar-refractivity contribution in [2.45, 2.75) is 59.4 Å². The minimum atomic E-state index is -0.493. The molecule has 1 aliphatic heterocycles. The van der Waals surface area contributed by atoms with Gasteiger partial charge in [-0.15, -0.1) is 0 Å². The molecule has 3 rings (SSSR count). The zero-order valence-electron chi connectivity index (χ0n) is 19.5. The van der Waals surface area contributed by atoms with E-state index in [2.05, 4.69) is 32.2 Å². The molecule has 1 saturated heterocycles. The van der Waals surface area contributed by atoms with E-state index in [-0.39, 0.29) is 35.9 Å². The summed E-state index contributed by atoms with van der Waals surface area (Å²) in [5.74, 6) is -0.217. The van der Waals surface area contributed by atoms with Gasteiger partial charge in [-0.05, 0) is 29.9 Å². The highest BCUT2D eigenvalue weighted by molar-refractivity contribution is 5.87. The van der Waals surface area contributed by atoms with Crippen LogP contribution in [0.5, 0.6) is 0 Å². The van der Waals surface area contributed by atoms with Crippen LogP contribution in [0.4, 0.5) is 4.79 Å². The van der Waals surface area contributed by atoms with Crippen LogP contribution in [0, 0.1) is 11.3 Å². The summed E-state index contributed by atoms with van der Waals surface area (Å²) in [4.78, 5) is 27.9. The molecule has 1 fully saturated rings. The van der Waals surface area contributed by atoms with Gasteiger partial charge >= 0.3 is 6.09 Å². The fourth-order valence-corrected chi connectivity index (χ4v) is 4.26. The number of nitrogens with zero attached hydrogens (tertiary/aromatic N) is 1. The minimum absolute atomic E-state index is 0.0255. The second kappa shape index (κ2) is 10.5. The van der Waals surface area contributed by atoms with Gasteiger partial charge in [-0.3, -0.25) is 4.79 Å². The van der Waals surface area contributed by atoms with Crippen molar-refractivity contribution in [3.63, 3.8) is 0 Å². The summed E-state index contributed by atoms with van der Waals surface area (Å²) in [5, 5.41) is 3.02. The van der Waals surface area contributed by atoms with Gasteiger partial charge in [0.1, 0.15) is 6.61 Å². The third-order valence-corrected chi connectivity index (χ3v) is 5.97. The minimum Gasteiger partial charge on any atom is -0.445 e. The first-order chi connectivity index (χ1) is 15.3. The maximum absolute atomic E-state index is 13.3. The van der Waals surface area contributed by atoms with E-state index in [9.17, 15) is 9.59 Å². The Balaban J connectivity index is 1.73. The van der Waals surface area contributed by atoms with Gasteiger partial charge in [-0.1, -0.05) is 93.6 Å². The summed E-state index contributed by atoms with van der Waals surface area (Å²) in [7, 11) is 0. The zero-order valence-corrected chi connectivity index (χ0v) is 19.5. The van der Waals surface area contributed by atoms with E-state index < -0.39 is 6.09 Å². The first-order valence-corrected chi connectivity index (χ1v) is 11.2. The van der Waals surface area contributed by atoms with Gasteiger partial charge in [0.05, 0.1) is 12.0 Å². The Morgan fingerprint density at radius 2 is 1.66 bits per heavy atom. The van der Waals surface area contributed by atoms with Crippen molar-refractivity contribution in [2.24, 2.45) is 11.3 Å². The van der Waals surface area contributed by atoms with E-state index in [0.717, 1.165) is 17.5 Å². The quantitative estimate of drug-likeness (QED) is 0.452. The van der Waals surface area contributed by atoms with Crippen LogP contribution in [-0.2, 0) is 22.7 Å². The number of rotatable bonds is 8. The monoisotopic (exact) mass is 434 g/mol. The average Bonchev–Trinajstić information content (AvgIpc) is 2.78. The smallest absolute Gasteiger partial charge is 0.407 e. The highest BCUT2D eigenvalue weighted by atomic mass is 16.5. The summed E-state index contributed by atoms with van der Waals surface area (Å²) in [5.41, 5.74) is 1.72. The molecule has 0 spiro atoms. The molecule has 3 atom stereocenters. The molecule has 32 heavy (non-hydrogen) atoms.